The number of nitro groups is 1. The van der Waals surface area contributed by atoms with Crippen molar-refractivity contribution in [2.75, 3.05) is 30.0 Å². The molecule has 0 aromatic heterocycles. The first-order valence-electron chi connectivity index (χ1n) is 7.13. The summed E-state index contributed by atoms with van der Waals surface area (Å²) in [4.78, 5) is 23.9. The zero-order valence-electron chi connectivity index (χ0n) is 12.3. The van der Waals surface area contributed by atoms with Crippen LogP contribution in [0.15, 0.2) is 18.2 Å². The first-order chi connectivity index (χ1) is 10.5. The number of amides is 1. The number of nitro benzene ring substituents is 1. The summed E-state index contributed by atoms with van der Waals surface area (Å²) in [5, 5.41) is 23.2. The van der Waals surface area contributed by atoms with Gasteiger partial charge in [0.15, 0.2) is 0 Å². The van der Waals surface area contributed by atoms with E-state index in [9.17, 15) is 14.9 Å². The molecular weight excluding hydrogens is 290 g/mol. The average Bonchev–Trinajstić information content (AvgIpc) is 2.48. The molecule has 0 saturated carbocycles. The summed E-state index contributed by atoms with van der Waals surface area (Å²) in [6.07, 6.45) is 0.680. The first-order valence-corrected chi connectivity index (χ1v) is 7.13. The highest BCUT2D eigenvalue weighted by Crippen LogP contribution is 2.31. The van der Waals surface area contributed by atoms with Gasteiger partial charge in [-0.1, -0.05) is 0 Å². The summed E-state index contributed by atoms with van der Waals surface area (Å²) in [5.74, 6) is 0. The van der Waals surface area contributed by atoms with Crippen molar-refractivity contribution < 1.29 is 19.6 Å². The van der Waals surface area contributed by atoms with Crippen molar-refractivity contribution in [3.63, 3.8) is 0 Å². The molecule has 1 atom stereocenters. The number of cyclic esters (lactones) is 1. The minimum atomic E-state index is -0.493. The van der Waals surface area contributed by atoms with Crippen molar-refractivity contribution in [2.24, 2.45) is 0 Å². The number of nitrogens with one attached hydrogen (secondary N) is 1. The molecule has 2 rings (SSSR count). The number of aliphatic hydroxyl groups is 1. The van der Waals surface area contributed by atoms with Crippen molar-refractivity contribution in [2.45, 2.75) is 25.8 Å². The van der Waals surface area contributed by atoms with Crippen LogP contribution in [-0.2, 0) is 4.74 Å². The van der Waals surface area contributed by atoms with Gasteiger partial charge in [0.25, 0.3) is 5.69 Å². The van der Waals surface area contributed by atoms with E-state index < -0.39 is 11.0 Å². The third-order valence-electron chi connectivity index (χ3n) is 3.43. The lowest BCUT2D eigenvalue weighted by Gasteiger charge is -2.26. The Balaban J connectivity index is 2.26. The Kier molecular flexibility index (Phi) is 5.16. The molecule has 2 N–H and O–H groups in total. The quantitative estimate of drug-likeness (QED) is 0.616. The molecule has 0 radical (unpaired) electrons. The maximum Gasteiger partial charge on any atom is 0.414 e. The third-order valence-corrected chi connectivity index (χ3v) is 3.43. The second kappa shape index (κ2) is 7.08. The van der Waals surface area contributed by atoms with Crippen molar-refractivity contribution in [1.29, 1.82) is 0 Å². The normalized spacial score (nSPS) is 16.1. The summed E-state index contributed by atoms with van der Waals surface area (Å²) in [6, 6.07) is 4.48. The number of rotatable bonds is 6. The molecule has 0 bridgehead atoms. The number of aliphatic hydroxyl groups excluding tert-OH is 1. The average molecular weight is 309 g/mol. The Morgan fingerprint density at radius 3 is 2.95 bits per heavy atom. The number of hydrogen-bond acceptors (Lipinski definition) is 6. The summed E-state index contributed by atoms with van der Waals surface area (Å²) >= 11 is 0. The van der Waals surface area contributed by atoms with Crippen LogP contribution in [0, 0.1) is 10.1 Å². The standard InChI is InChI=1S/C14H19N3O5/c1-10(5-7-18)15-12-4-3-11(9-13(12)17(20)21)16-6-2-8-22-14(16)19/h3-4,9-10,15,18H,2,5-8H2,1H3/t10-/m1/s1. The smallest absolute Gasteiger partial charge is 0.414 e. The second-order valence-corrected chi connectivity index (χ2v) is 5.14. The lowest BCUT2D eigenvalue weighted by Crippen LogP contribution is -2.37. The van der Waals surface area contributed by atoms with Gasteiger partial charge >= 0.3 is 6.09 Å². The van der Waals surface area contributed by atoms with Crippen molar-refractivity contribution in [3.8, 4) is 0 Å². The van der Waals surface area contributed by atoms with Crippen LogP contribution < -0.4 is 10.2 Å². The van der Waals surface area contributed by atoms with Gasteiger partial charge in [0.1, 0.15) is 5.69 Å². The Bertz CT molecular complexity index is 563. The number of nitrogens with zero attached hydrogens (tertiary/aromatic N) is 2. The molecule has 1 amide bonds. The maximum atomic E-state index is 11.7. The number of hydrogen-bond donors (Lipinski definition) is 2. The largest absolute Gasteiger partial charge is 0.449 e. The van der Waals surface area contributed by atoms with Crippen LogP contribution in [0.25, 0.3) is 0 Å². The number of ether oxygens (including phenoxy) is 1. The van der Waals surface area contributed by atoms with Crippen LogP contribution in [0.1, 0.15) is 19.8 Å². The predicted molar refractivity (Wildman–Crippen MR) is 81.2 cm³/mol. The fourth-order valence-electron chi connectivity index (χ4n) is 2.28. The van der Waals surface area contributed by atoms with E-state index in [4.69, 9.17) is 9.84 Å². The van der Waals surface area contributed by atoms with Crippen LogP contribution in [0.2, 0.25) is 0 Å². The summed E-state index contributed by atoms with van der Waals surface area (Å²) in [5.41, 5.74) is 0.692. The van der Waals surface area contributed by atoms with Crippen LogP contribution in [0.5, 0.6) is 0 Å². The van der Waals surface area contributed by atoms with Gasteiger partial charge in [0, 0.05) is 25.3 Å². The second-order valence-electron chi connectivity index (χ2n) is 5.14. The van der Waals surface area contributed by atoms with Crippen molar-refractivity contribution in [1.82, 2.24) is 0 Å². The molecule has 1 aliphatic heterocycles. The van der Waals surface area contributed by atoms with E-state index in [1.807, 2.05) is 6.92 Å². The fourth-order valence-corrected chi connectivity index (χ4v) is 2.28. The third kappa shape index (κ3) is 3.64. The highest BCUT2D eigenvalue weighted by molar-refractivity contribution is 5.89. The highest BCUT2D eigenvalue weighted by Gasteiger charge is 2.24. The molecule has 0 aliphatic carbocycles. The van der Waals surface area contributed by atoms with Gasteiger partial charge < -0.3 is 15.2 Å². The molecule has 8 heteroatoms. The first kappa shape index (κ1) is 16.0. The van der Waals surface area contributed by atoms with E-state index in [1.54, 1.807) is 12.1 Å². The molecule has 0 spiro atoms. The zero-order valence-corrected chi connectivity index (χ0v) is 12.3. The minimum absolute atomic E-state index is 0.000331. The molecular formula is C14H19N3O5. The molecule has 8 nitrogen and oxygen atoms in total. The zero-order chi connectivity index (χ0) is 16.1. The van der Waals surface area contributed by atoms with Crippen molar-refractivity contribution in [3.05, 3.63) is 28.3 Å². The van der Waals surface area contributed by atoms with Gasteiger partial charge in [0.2, 0.25) is 0 Å². The number of benzene rings is 1. The SMILES string of the molecule is C[C@H](CCO)Nc1ccc(N2CCCOC2=O)cc1[N+](=O)[O-]. The molecule has 1 aromatic carbocycles. The van der Waals surface area contributed by atoms with Gasteiger partial charge in [-0.3, -0.25) is 15.0 Å². The van der Waals surface area contributed by atoms with E-state index >= 15 is 0 Å². The van der Waals surface area contributed by atoms with Gasteiger partial charge in [0.05, 0.1) is 17.2 Å². The molecule has 0 unspecified atom stereocenters. The Morgan fingerprint density at radius 1 is 1.55 bits per heavy atom. The van der Waals surface area contributed by atoms with E-state index in [2.05, 4.69) is 5.32 Å². The lowest BCUT2D eigenvalue weighted by atomic mass is 10.2. The van der Waals surface area contributed by atoms with E-state index in [-0.39, 0.29) is 18.3 Å². The van der Waals surface area contributed by atoms with E-state index in [0.29, 0.717) is 37.4 Å². The van der Waals surface area contributed by atoms with Gasteiger partial charge in [-0.15, -0.1) is 0 Å². The van der Waals surface area contributed by atoms with Gasteiger partial charge in [-0.25, -0.2) is 4.79 Å². The molecule has 22 heavy (non-hydrogen) atoms. The fraction of sp³-hybridized carbons (Fsp3) is 0.500. The molecule has 1 fully saturated rings. The summed E-state index contributed by atoms with van der Waals surface area (Å²) < 4.78 is 4.95. The maximum absolute atomic E-state index is 11.7. The molecule has 120 valence electrons. The Labute approximate surface area is 127 Å². The predicted octanol–water partition coefficient (Wildman–Crippen LogP) is 2.12. The molecule has 1 heterocycles. The van der Waals surface area contributed by atoms with Gasteiger partial charge in [-0.2, -0.15) is 0 Å². The molecule has 1 aliphatic rings. The minimum Gasteiger partial charge on any atom is -0.449 e. The summed E-state index contributed by atoms with van der Waals surface area (Å²) in [7, 11) is 0. The van der Waals surface area contributed by atoms with Crippen LogP contribution in [0.4, 0.5) is 21.9 Å². The molecule has 1 aromatic rings. The number of carbonyl (C=O) groups is 1. The van der Waals surface area contributed by atoms with Crippen LogP contribution in [0.3, 0.4) is 0 Å². The highest BCUT2D eigenvalue weighted by atomic mass is 16.6. The lowest BCUT2D eigenvalue weighted by molar-refractivity contribution is -0.383. The monoisotopic (exact) mass is 309 g/mol. The summed E-state index contributed by atoms with van der Waals surface area (Å²) in [6.45, 7) is 2.68. The topological polar surface area (TPSA) is 105 Å². The Hall–Kier alpha value is -2.35. The van der Waals surface area contributed by atoms with Crippen LogP contribution >= 0.6 is 0 Å². The Morgan fingerprint density at radius 2 is 2.32 bits per heavy atom. The van der Waals surface area contributed by atoms with Crippen molar-refractivity contribution >= 4 is 23.2 Å². The van der Waals surface area contributed by atoms with Gasteiger partial charge in [-0.05, 0) is 31.9 Å². The van der Waals surface area contributed by atoms with E-state index in [1.165, 1.54) is 11.0 Å². The number of carbonyl (C=O) groups excluding carboxylic acids is 1. The van der Waals surface area contributed by atoms with E-state index in [0.717, 1.165) is 0 Å². The molecule has 1 saturated heterocycles. The number of anilines is 2. The van der Waals surface area contributed by atoms with Crippen LogP contribution in [-0.4, -0.2) is 41.9 Å².